The minimum Gasteiger partial charge on any atom is -0.361 e. The lowest BCUT2D eigenvalue weighted by Gasteiger charge is -2.40. The molecule has 0 aromatic carbocycles. The Morgan fingerprint density at radius 2 is 2.12 bits per heavy atom. The van der Waals surface area contributed by atoms with Gasteiger partial charge in [-0.25, -0.2) is 0 Å². The third-order valence-electron chi connectivity index (χ3n) is 5.86. The Hall–Kier alpha value is -2.28. The first-order chi connectivity index (χ1) is 12.6. The molecule has 1 atom stereocenters. The fourth-order valence-corrected chi connectivity index (χ4v) is 4.44. The zero-order valence-electron chi connectivity index (χ0n) is 15.4. The van der Waals surface area contributed by atoms with Crippen LogP contribution in [-0.2, 0) is 6.54 Å². The molecule has 2 aliphatic rings. The average Bonchev–Trinajstić information content (AvgIpc) is 3.20. The molecule has 4 rings (SSSR count). The summed E-state index contributed by atoms with van der Waals surface area (Å²) >= 11 is 0. The quantitative estimate of drug-likeness (QED) is 0.840. The molecule has 138 valence electrons. The molecule has 0 radical (unpaired) electrons. The van der Waals surface area contributed by atoms with Gasteiger partial charge in [0.25, 0.3) is 5.91 Å². The number of aryl methyl sites for hydroxylation is 2. The van der Waals surface area contributed by atoms with E-state index in [2.05, 4.69) is 20.3 Å². The van der Waals surface area contributed by atoms with Crippen LogP contribution < -0.4 is 0 Å². The van der Waals surface area contributed by atoms with Crippen LogP contribution in [0.3, 0.4) is 0 Å². The van der Waals surface area contributed by atoms with Crippen LogP contribution in [0.15, 0.2) is 23.0 Å². The van der Waals surface area contributed by atoms with Gasteiger partial charge in [0.2, 0.25) is 0 Å². The molecule has 2 aromatic rings. The number of hydrogen-bond acceptors (Lipinski definition) is 6. The van der Waals surface area contributed by atoms with Gasteiger partial charge >= 0.3 is 0 Å². The number of amides is 1. The van der Waals surface area contributed by atoms with E-state index in [4.69, 9.17) is 4.52 Å². The summed E-state index contributed by atoms with van der Waals surface area (Å²) in [5, 5.41) is 11.7. The van der Waals surface area contributed by atoms with Crippen LogP contribution in [0, 0.1) is 19.3 Å². The summed E-state index contributed by atoms with van der Waals surface area (Å²) in [5.74, 6) is 0.982. The number of piperidine rings is 1. The van der Waals surface area contributed by atoms with Crippen molar-refractivity contribution in [1.82, 2.24) is 25.2 Å². The second kappa shape index (κ2) is 6.79. The van der Waals surface area contributed by atoms with Crippen molar-refractivity contribution >= 4 is 5.91 Å². The van der Waals surface area contributed by atoms with E-state index in [1.165, 1.54) is 18.4 Å². The van der Waals surface area contributed by atoms with Gasteiger partial charge in [0, 0.05) is 37.2 Å². The fraction of sp³-hybridized carbons (Fsp3) is 0.579. The molecule has 0 bridgehead atoms. The Labute approximate surface area is 153 Å². The smallest absolute Gasteiger partial charge is 0.255 e. The van der Waals surface area contributed by atoms with Crippen molar-refractivity contribution in [1.29, 1.82) is 0 Å². The molecule has 0 saturated carbocycles. The molecule has 26 heavy (non-hydrogen) atoms. The second-order valence-corrected chi connectivity index (χ2v) is 7.72. The molecule has 0 aliphatic carbocycles. The zero-order chi connectivity index (χ0) is 18.1. The number of carbonyl (C=O) groups is 1. The highest BCUT2D eigenvalue weighted by Crippen LogP contribution is 2.40. The van der Waals surface area contributed by atoms with Gasteiger partial charge in [0.05, 0.1) is 23.7 Å². The predicted octanol–water partition coefficient (Wildman–Crippen LogP) is 2.21. The Kier molecular flexibility index (Phi) is 4.48. The Morgan fingerprint density at radius 3 is 2.85 bits per heavy atom. The van der Waals surface area contributed by atoms with E-state index in [-0.39, 0.29) is 11.3 Å². The van der Waals surface area contributed by atoms with Crippen molar-refractivity contribution in [3.63, 3.8) is 0 Å². The molecule has 0 N–H and O–H groups in total. The number of rotatable bonds is 3. The summed E-state index contributed by atoms with van der Waals surface area (Å²) in [6.45, 7) is 8.62. The maximum Gasteiger partial charge on any atom is 0.255 e. The second-order valence-electron chi connectivity index (χ2n) is 7.72. The third-order valence-corrected chi connectivity index (χ3v) is 5.86. The fourth-order valence-electron chi connectivity index (χ4n) is 4.44. The van der Waals surface area contributed by atoms with Crippen LogP contribution in [0.5, 0.6) is 0 Å². The SMILES string of the molecule is Cc1noc(C)c1CN1CCC[C@@]2(CCN(C(=O)c3ccnnc3)C2)C1. The zero-order valence-corrected chi connectivity index (χ0v) is 15.4. The number of hydrogen-bond donors (Lipinski definition) is 0. The molecular weight excluding hydrogens is 330 g/mol. The number of likely N-dealkylation sites (tertiary alicyclic amines) is 2. The Balaban J connectivity index is 1.43. The average molecular weight is 355 g/mol. The lowest BCUT2D eigenvalue weighted by atomic mass is 9.79. The first kappa shape index (κ1) is 17.1. The molecule has 7 heteroatoms. The van der Waals surface area contributed by atoms with E-state index in [0.29, 0.717) is 5.56 Å². The molecule has 4 heterocycles. The maximum absolute atomic E-state index is 12.7. The van der Waals surface area contributed by atoms with Crippen LogP contribution in [0.2, 0.25) is 0 Å². The van der Waals surface area contributed by atoms with Crippen molar-refractivity contribution in [2.75, 3.05) is 26.2 Å². The molecule has 2 saturated heterocycles. The van der Waals surface area contributed by atoms with Gasteiger partial charge in [0.1, 0.15) is 5.76 Å². The summed E-state index contributed by atoms with van der Waals surface area (Å²) in [7, 11) is 0. The highest BCUT2D eigenvalue weighted by atomic mass is 16.5. The summed E-state index contributed by atoms with van der Waals surface area (Å²) < 4.78 is 5.31. The predicted molar refractivity (Wildman–Crippen MR) is 95.5 cm³/mol. The van der Waals surface area contributed by atoms with Gasteiger partial charge < -0.3 is 9.42 Å². The van der Waals surface area contributed by atoms with Gasteiger partial charge in [-0.1, -0.05) is 5.16 Å². The monoisotopic (exact) mass is 355 g/mol. The van der Waals surface area contributed by atoms with Crippen molar-refractivity contribution in [3.05, 3.63) is 41.0 Å². The molecule has 1 spiro atoms. The van der Waals surface area contributed by atoms with Crippen LogP contribution in [0.25, 0.3) is 0 Å². The number of nitrogens with zero attached hydrogens (tertiary/aromatic N) is 5. The molecular formula is C19H25N5O2. The normalized spacial score (nSPS) is 23.7. The Morgan fingerprint density at radius 1 is 1.23 bits per heavy atom. The van der Waals surface area contributed by atoms with Gasteiger partial charge in [-0.3, -0.25) is 9.69 Å². The van der Waals surface area contributed by atoms with Gasteiger partial charge in [-0.15, -0.1) is 0 Å². The molecule has 1 amide bonds. The van der Waals surface area contributed by atoms with Gasteiger partial charge in [-0.2, -0.15) is 10.2 Å². The van der Waals surface area contributed by atoms with Crippen molar-refractivity contribution in [2.45, 2.75) is 39.7 Å². The third kappa shape index (κ3) is 3.23. The highest BCUT2D eigenvalue weighted by molar-refractivity contribution is 5.94. The summed E-state index contributed by atoms with van der Waals surface area (Å²) in [6.07, 6.45) is 6.55. The maximum atomic E-state index is 12.7. The number of carbonyl (C=O) groups excluding carboxylic acids is 1. The van der Waals surface area contributed by atoms with Crippen LogP contribution in [0.1, 0.15) is 46.6 Å². The molecule has 2 aromatic heterocycles. The van der Waals surface area contributed by atoms with E-state index in [1.807, 2.05) is 18.7 Å². The standard InChI is InChI=1S/C19H25N5O2/c1-14-17(15(2)26-22-14)11-23-8-3-5-19(12-23)6-9-24(13-19)18(25)16-4-7-20-21-10-16/h4,7,10H,3,5-6,8-9,11-13H2,1-2H3/t19-/m1/s1. The summed E-state index contributed by atoms with van der Waals surface area (Å²) in [6, 6.07) is 1.74. The highest BCUT2D eigenvalue weighted by Gasteiger charge is 2.43. The van der Waals surface area contributed by atoms with Gasteiger partial charge in [-0.05, 0) is 45.7 Å². The first-order valence-corrected chi connectivity index (χ1v) is 9.26. The van der Waals surface area contributed by atoms with Crippen LogP contribution >= 0.6 is 0 Å². The molecule has 2 fully saturated rings. The lowest BCUT2D eigenvalue weighted by Crippen LogP contribution is -2.45. The molecule has 0 unspecified atom stereocenters. The van der Waals surface area contributed by atoms with E-state index in [0.717, 1.165) is 50.6 Å². The van der Waals surface area contributed by atoms with Gasteiger partial charge in [0.15, 0.2) is 0 Å². The summed E-state index contributed by atoms with van der Waals surface area (Å²) in [5.41, 5.74) is 3.01. The van der Waals surface area contributed by atoms with Crippen LogP contribution in [0.4, 0.5) is 0 Å². The van der Waals surface area contributed by atoms with E-state index >= 15 is 0 Å². The van der Waals surface area contributed by atoms with E-state index in [9.17, 15) is 4.79 Å². The first-order valence-electron chi connectivity index (χ1n) is 9.26. The van der Waals surface area contributed by atoms with Crippen molar-refractivity contribution in [3.8, 4) is 0 Å². The topological polar surface area (TPSA) is 75.4 Å². The molecule has 7 nitrogen and oxygen atoms in total. The Bertz CT molecular complexity index is 771. The molecule has 2 aliphatic heterocycles. The lowest BCUT2D eigenvalue weighted by molar-refractivity contribution is 0.0674. The number of aromatic nitrogens is 3. The van der Waals surface area contributed by atoms with E-state index in [1.54, 1.807) is 18.5 Å². The van der Waals surface area contributed by atoms with Crippen molar-refractivity contribution < 1.29 is 9.32 Å². The largest absolute Gasteiger partial charge is 0.361 e. The minimum atomic E-state index is 0.0691. The minimum absolute atomic E-state index is 0.0691. The van der Waals surface area contributed by atoms with Crippen LogP contribution in [-0.4, -0.2) is 57.2 Å². The van der Waals surface area contributed by atoms with E-state index < -0.39 is 0 Å². The summed E-state index contributed by atoms with van der Waals surface area (Å²) in [4.78, 5) is 17.2. The van der Waals surface area contributed by atoms with Crippen molar-refractivity contribution in [2.24, 2.45) is 5.41 Å².